The SMILES string of the molecule is CC.CC.CC1CCCc2ccc(OCCCN3CCCCC3)cc21.CCCN(C)C. The summed E-state index contributed by atoms with van der Waals surface area (Å²) in [6.45, 7) is 18.4. The molecule has 1 heterocycles. The lowest BCUT2D eigenvalue weighted by molar-refractivity contribution is 0.205. The number of aryl methyl sites for hydroxylation is 1. The van der Waals surface area contributed by atoms with Crippen molar-refractivity contribution in [1.82, 2.24) is 9.80 Å². The summed E-state index contributed by atoms with van der Waals surface area (Å²) < 4.78 is 5.98. The highest BCUT2D eigenvalue weighted by molar-refractivity contribution is 5.39. The summed E-state index contributed by atoms with van der Waals surface area (Å²) >= 11 is 0. The molecule has 1 aromatic carbocycles. The van der Waals surface area contributed by atoms with Crippen LogP contribution in [-0.2, 0) is 6.42 Å². The number of hydrogen-bond acceptors (Lipinski definition) is 3. The quantitative estimate of drug-likeness (QED) is 0.416. The summed E-state index contributed by atoms with van der Waals surface area (Å²) in [5.74, 6) is 1.77. The fraction of sp³-hybridized carbons (Fsp3) is 0.786. The third-order valence-electron chi connectivity index (χ3n) is 5.74. The van der Waals surface area contributed by atoms with E-state index in [1.54, 1.807) is 0 Å². The molecule has 182 valence electrons. The summed E-state index contributed by atoms with van der Waals surface area (Å²) in [6, 6.07) is 6.74. The summed E-state index contributed by atoms with van der Waals surface area (Å²) in [4.78, 5) is 4.77. The van der Waals surface area contributed by atoms with Gasteiger partial charge >= 0.3 is 0 Å². The molecule has 3 rings (SSSR count). The maximum Gasteiger partial charge on any atom is 0.119 e. The zero-order valence-corrected chi connectivity index (χ0v) is 22.3. The molecule has 1 aromatic rings. The first-order valence-corrected chi connectivity index (χ1v) is 13.2. The monoisotopic (exact) mass is 434 g/mol. The average Bonchev–Trinajstić information content (AvgIpc) is 2.81. The molecule has 2 aliphatic rings. The van der Waals surface area contributed by atoms with Gasteiger partial charge in [0.15, 0.2) is 0 Å². The van der Waals surface area contributed by atoms with Crippen LogP contribution in [0.4, 0.5) is 0 Å². The van der Waals surface area contributed by atoms with Gasteiger partial charge in [0.25, 0.3) is 0 Å². The molecule has 31 heavy (non-hydrogen) atoms. The highest BCUT2D eigenvalue weighted by atomic mass is 16.5. The summed E-state index contributed by atoms with van der Waals surface area (Å²) in [5.41, 5.74) is 3.06. The Morgan fingerprint density at radius 3 is 2.26 bits per heavy atom. The summed E-state index contributed by atoms with van der Waals surface area (Å²) in [6.07, 6.45) is 10.5. The summed E-state index contributed by atoms with van der Waals surface area (Å²) in [5, 5.41) is 0. The Hall–Kier alpha value is -1.06. The second-order valence-corrected chi connectivity index (χ2v) is 8.56. The molecule has 0 N–H and O–H groups in total. The minimum absolute atomic E-state index is 0.700. The molecule has 3 heteroatoms. The van der Waals surface area contributed by atoms with Gasteiger partial charge in [-0.1, -0.05) is 54.0 Å². The molecule has 1 aliphatic carbocycles. The van der Waals surface area contributed by atoms with Crippen LogP contribution in [-0.4, -0.2) is 56.7 Å². The van der Waals surface area contributed by atoms with Gasteiger partial charge in [0.1, 0.15) is 5.75 Å². The number of benzene rings is 1. The number of piperidine rings is 1. The fourth-order valence-electron chi connectivity index (χ4n) is 4.21. The highest BCUT2D eigenvalue weighted by Crippen LogP contribution is 2.33. The van der Waals surface area contributed by atoms with E-state index in [1.165, 1.54) is 82.3 Å². The number of hydrogen-bond donors (Lipinski definition) is 0. The third-order valence-corrected chi connectivity index (χ3v) is 5.74. The molecule has 1 atom stereocenters. The minimum Gasteiger partial charge on any atom is -0.494 e. The predicted octanol–water partition coefficient (Wildman–Crippen LogP) is 7.39. The fourth-order valence-corrected chi connectivity index (χ4v) is 4.21. The number of fused-ring (bicyclic) bond motifs is 1. The smallest absolute Gasteiger partial charge is 0.119 e. The van der Waals surface area contributed by atoms with Crippen molar-refractivity contribution < 1.29 is 4.74 Å². The van der Waals surface area contributed by atoms with Gasteiger partial charge < -0.3 is 14.5 Å². The van der Waals surface area contributed by atoms with Gasteiger partial charge in [-0.25, -0.2) is 0 Å². The molecule has 1 aliphatic heterocycles. The first-order chi connectivity index (χ1) is 15.1. The Labute approximate surface area is 195 Å². The molecule has 0 amide bonds. The lowest BCUT2D eigenvalue weighted by Gasteiger charge is -2.26. The van der Waals surface area contributed by atoms with Crippen LogP contribution in [0.25, 0.3) is 0 Å². The van der Waals surface area contributed by atoms with Crippen LogP contribution in [0.15, 0.2) is 18.2 Å². The first-order valence-electron chi connectivity index (χ1n) is 13.2. The van der Waals surface area contributed by atoms with E-state index in [0.717, 1.165) is 18.8 Å². The van der Waals surface area contributed by atoms with E-state index in [0.29, 0.717) is 5.92 Å². The van der Waals surface area contributed by atoms with E-state index in [4.69, 9.17) is 4.74 Å². The number of nitrogens with zero attached hydrogens (tertiary/aromatic N) is 2. The van der Waals surface area contributed by atoms with Crippen molar-refractivity contribution in [2.24, 2.45) is 0 Å². The van der Waals surface area contributed by atoms with E-state index in [9.17, 15) is 0 Å². The van der Waals surface area contributed by atoms with Crippen molar-refractivity contribution in [2.75, 3.05) is 46.9 Å². The second-order valence-electron chi connectivity index (χ2n) is 8.56. The van der Waals surface area contributed by atoms with Crippen molar-refractivity contribution in [1.29, 1.82) is 0 Å². The Balaban J connectivity index is 0.000000771. The Bertz CT molecular complexity index is 524. The van der Waals surface area contributed by atoms with E-state index in [2.05, 4.69) is 55.9 Å². The van der Waals surface area contributed by atoms with Gasteiger partial charge in [-0.05, 0) is 108 Å². The number of rotatable bonds is 7. The molecule has 1 fully saturated rings. The molecule has 0 radical (unpaired) electrons. The minimum atomic E-state index is 0.700. The number of likely N-dealkylation sites (tertiary alicyclic amines) is 1. The molecule has 0 spiro atoms. The van der Waals surface area contributed by atoms with Crippen LogP contribution in [0.3, 0.4) is 0 Å². The van der Waals surface area contributed by atoms with Crippen molar-refractivity contribution in [3.05, 3.63) is 29.3 Å². The van der Waals surface area contributed by atoms with Gasteiger partial charge in [0, 0.05) is 6.54 Å². The largest absolute Gasteiger partial charge is 0.494 e. The van der Waals surface area contributed by atoms with E-state index in [1.807, 2.05) is 27.7 Å². The first kappa shape index (κ1) is 29.9. The average molecular weight is 435 g/mol. The van der Waals surface area contributed by atoms with Gasteiger partial charge in [-0.15, -0.1) is 0 Å². The van der Waals surface area contributed by atoms with Crippen molar-refractivity contribution in [3.8, 4) is 5.75 Å². The maximum atomic E-state index is 5.98. The molecular formula is C28H54N2O. The van der Waals surface area contributed by atoms with Crippen LogP contribution in [0.1, 0.15) is 104 Å². The number of ether oxygens (including phenoxy) is 1. The molecular weight excluding hydrogens is 380 g/mol. The van der Waals surface area contributed by atoms with E-state index < -0.39 is 0 Å². The van der Waals surface area contributed by atoms with Gasteiger partial charge in [0.05, 0.1) is 6.61 Å². The van der Waals surface area contributed by atoms with Crippen LogP contribution in [0.2, 0.25) is 0 Å². The zero-order chi connectivity index (χ0) is 23.5. The second kappa shape index (κ2) is 19.6. The Kier molecular flexibility index (Phi) is 18.9. The van der Waals surface area contributed by atoms with Gasteiger partial charge in [-0.3, -0.25) is 0 Å². The standard InChI is InChI=1S/C19H29NO.C5H13N.2C2H6/c1-16-7-5-8-17-9-10-18(15-19(16)17)21-14-6-13-20-11-3-2-4-12-20;1-4-5-6(2)3;2*1-2/h9-10,15-16H,2-8,11-14H2,1H3;4-5H2,1-3H3;2*1-2H3. The zero-order valence-electron chi connectivity index (χ0n) is 22.3. The van der Waals surface area contributed by atoms with Crippen LogP contribution < -0.4 is 4.74 Å². The van der Waals surface area contributed by atoms with Crippen molar-refractivity contribution in [3.63, 3.8) is 0 Å². The maximum absolute atomic E-state index is 5.98. The molecule has 3 nitrogen and oxygen atoms in total. The predicted molar refractivity (Wildman–Crippen MR) is 140 cm³/mol. The van der Waals surface area contributed by atoms with E-state index >= 15 is 0 Å². The topological polar surface area (TPSA) is 15.7 Å². The van der Waals surface area contributed by atoms with Crippen molar-refractivity contribution in [2.45, 2.75) is 98.8 Å². The van der Waals surface area contributed by atoms with Crippen LogP contribution in [0.5, 0.6) is 5.75 Å². The molecule has 1 saturated heterocycles. The summed E-state index contributed by atoms with van der Waals surface area (Å²) in [7, 11) is 4.17. The van der Waals surface area contributed by atoms with Gasteiger partial charge in [0.2, 0.25) is 0 Å². The van der Waals surface area contributed by atoms with Gasteiger partial charge in [-0.2, -0.15) is 0 Å². The van der Waals surface area contributed by atoms with E-state index in [-0.39, 0.29) is 0 Å². The lowest BCUT2D eigenvalue weighted by atomic mass is 9.84. The normalized spacial score (nSPS) is 17.8. The molecule has 0 bridgehead atoms. The van der Waals surface area contributed by atoms with Crippen LogP contribution in [0, 0.1) is 0 Å². The van der Waals surface area contributed by atoms with Crippen LogP contribution >= 0.6 is 0 Å². The highest BCUT2D eigenvalue weighted by Gasteiger charge is 2.16. The Morgan fingerprint density at radius 2 is 1.68 bits per heavy atom. The Morgan fingerprint density at radius 1 is 1.00 bits per heavy atom. The van der Waals surface area contributed by atoms with Crippen molar-refractivity contribution >= 4 is 0 Å². The molecule has 1 unspecified atom stereocenters. The molecule has 0 aromatic heterocycles. The molecule has 0 saturated carbocycles. The third kappa shape index (κ3) is 13.2. The lowest BCUT2D eigenvalue weighted by Crippen LogP contribution is -2.31.